The van der Waals surface area contributed by atoms with Gasteiger partial charge in [-0.1, -0.05) is 31.1 Å². The molecule has 0 amide bonds. The van der Waals surface area contributed by atoms with Crippen LogP contribution in [0.4, 0.5) is 5.69 Å². The number of anilines is 1. The second-order valence-corrected chi connectivity index (χ2v) is 4.86. The molecule has 0 fully saturated rings. The highest BCUT2D eigenvalue weighted by molar-refractivity contribution is 5.66. The molecule has 0 saturated carbocycles. The maximum atomic E-state index is 5.65. The molecule has 2 aromatic rings. The Hall–Kier alpha value is -2.14. The minimum atomic E-state index is -0.475. The van der Waals surface area contributed by atoms with Crippen molar-refractivity contribution in [1.29, 1.82) is 0 Å². The zero-order chi connectivity index (χ0) is 15.3. The molecular weight excluding hydrogens is 266 g/mol. The Kier molecular flexibility index (Phi) is 4.75. The second kappa shape index (κ2) is 6.54. The summed E-state index contributed by atoms with van der Waals surface area (Å²) in [6.07, 6.45) is 5.28. The van der Waals surface area contributed by atoms with Crippen LogP contribution >= 0.6 is 0 Å². The Morgan fingerprint density at radius 2 is 1.86 bits per heavy atom. The summed E-state index contributed by atoms with van der Waals surface area (Å²) in [5.41, 5.74) is 6.94. The summed E-state index contributed by atoms with van der Waals surface area (Å²) < 4.78 is 10.9. The lowest BCUT2D eigenvalue weighted by atomic mass is 9.96. The van der Waals surface area contributed by atoms with Gasteiger partial charge < -0.3 is 15.0 Å². The van der Waals surface area contributed by atoms with E-state index in [1.54, 1.807) is 13.2 Å². The van der Waals surface area contributed by atoms with Gasteiger partial charge in [-0.3, -0.25) is 0 Å². The lowest BCUT2D eigenvalue weighted by Crippen LogP contribution is -2.28. The minimum absolute atomic E-state index is 0.463. The quantitative estimate of drug-likeness (QED) is 0.823. The van der Waals surface area contributed by atoms with Gasteiger partial charge in [0.1, 0.15) is 5.60 Å². The van der Waals surface area contributed by atoms with Gasteiger partial charge in [-0.15, -0.1) is 0 Å². The van der Waals surface area contributed by atoms with Gasteiger partial charge in [-0.05, 0) is 36.6 Å². The van der Waals surface area contributed by atoms with Crippen molar-refractivity contribution in [2.45, 2.75) is 32.3 Å². The number of ether oxygens (including phenoxy) is 1. The van der Waals surface area contributed by atoms with Gasteiger partial charge in [-0.2, -0.15) is 4.98 Å². The maximum absolute atomic E-state index is 5.65. The molecule has 0 aliphatic carbocycles. The predicted molar refractivity (Wildman–Crippen MR) is 83.3 cm³/mol. The first-order chi connectivity index (χ1) is 10.1. The Balaban J connectivity index is 2.18. The summed E-state index contributed by atoms with van der Waals surface area (Å²) in [5, 5.41) is 4.05. The Labute approximate surface area is 124 Å². The van der Waals surface area contributed by atoms with E-state index in [2.05, 4.69) is 10.1 Å². The average Bonchev–Trinajstić information content (AvgIpc) is 2.99. The number of nitrogen functional groups attached to an aromatic ring is 1. The SMILES string of the molecule is CCC(CC)(OC)c1noc(/C=C/c2ccc(N)cc2)n1. The Bertz CT molecular complexity index is 590. The van der Waals surface area contributed by atoms with Gasteiger partial charge in [0.05, 0.1) is 0 Å². The van der Waals surface area contributed by atoms with Crippen LogP contribution in [0.25, 0.3) is 12.2 Å². The Morgan fingerprint density at radius 1 is 1.19 bits per heavy atom. The summed E-state index contributed by atoms with van der Waals surface area (Å²) >= 11 is 0. The van der Waals surface area contributed by atoms with E-state index in [0.717, 1.165) is 24.1 Å². The number of methoxy groups -OCH3 is 1. The van der Waals surface area contributed by atoms with Gasteiger partial charge in [0, 0.05) is 18.9 Å². The molecule has 0 unspecified atom stereocenters. The van der Waals surface area contributed by atoms with Crippen molar-refractivity contribution in [3.05, 3.63) is 41.5 Å². The van der Waals surface area contributed by atoms with Gasteiger partial charge in [0.25, 0.3) is 5.89 Å². The third-order valence-electron chi connectivity index (χ3n) is 3.74. The highest BCUT2D eigenvalue weighted by Crippen LogP contribution is 2.30. The lowest BCUT2D eigenvalue weighted by molar-refractivity contribution is -0.0306. The predicted octanol–water partition coefficient (Wildman–Crippen LogP) is 3.48. The van der Waals surface area contributed by atoms with Crippen LogP contribution in [0.3, 0.4) is 0 Å². The van der Waals surface area contributed by atoms with Gasteiger partial charge >= 0.3 is 0 Å². The molecule has 1 aromatic heterocycles. The molecule has 112 valence electrons. The van der Waals surface area contributed by atoms with Crippen molar-refractivity contribution < 1.29 is 9.26 Å². The molecular formula is C16H21N3O2. The van der Waals surface area contributed by atoms with Crippen molar-refractivity contribution in [1.82, 2.24) is 10.1 Å². The molecule has 2 N–H and O–H groups in total. The molecule has 21 heavy (non-hydrogen) atoms. The zero-order valence-corrected chi connectivity index (χ0v) is 12.7. The fraction of sp³-hybridized carbons (Fsp3) is 0.375. The van der Waals surface area contributed by atoms with E-state index >= 15 is 0 Å². The normalized spacial score (nSPS) is 12.1. The van der Waals surface area contributed by atoms with Gasteiger partial charge in [0.2, 0.25) is 5.82 Å². The molecule has 5 heteroatoms. The van der Waals surface area contributed by atoms with Crippen LogP contribution in [0.1, 0.15) is 44.0 Å². The van der Waals surface area contributed by atoms with E-state index < -0.39 is 5.60 Å². The minimum Gasteiger partial charge on any atom is -0.399 e. The van der Waals surface area contributed by atoms with E-state index in [9.17, 15) is 0 Å². The molecule has 0 bridgehead atoms. The van der Waals surface area contributed by atoms with E-state index in [-0.39, 0.29) is 0 Å². The van der Waals surface area contributed by atoms with Crippen molar-refractivity contribution in [2.24, 2.45) is 0 Å². The van der Waals surface area contributed by atoms with Crippen LogP contribution in [-0.2, 0) is 10.3 Å². The number of aromatic nitrogens is 2. The molecule has 0 spiro atoms. The number of hydrogen-bond donors (Lipinski definition) is 1. The fourth-order valence-corrected chi connectivity index (χ4v) is 2.21. The molecule has 0 saturated heterocycles. The summed E-state index contributed by atoms with van der Waals surface area (Å²) in [6, 6.07) is 7.56. The topological polar surface area (TPSA) is 74.2 Å². The number of nitrogens with zero attached hydrogens (tertiary/aromatic N) is 2. The van der Waals surface area contributed by atoms with Crippen molar-refractivity contribution in [3.63, 3.8) is 0 Å². The molecule has 0 radical (unpaired) electrons. The molecule has 1 aromatic carbocycles. The van der Waals surface area contributed by atoms with E-state index in [0.29, 0.717) is 11.7 Å². The fourth-order valence-electron chi connectivity index (χ4n) is 2.21. The molecule has 0 aliphatic rings. The summed E-state index contributed by atoms with van der Waals surface area (Å²) in [5.74, 6) is 1.05. The zero-order valence-electron chi connectivity index (χ0n) is 12.7. The van der Waals surface area contributed by atoms with Gasteiger partial charge in [0.15, 0.2) is 0 Å². The highest BCUT2D eigenvalue weighted by atomic mass is 16.5. The van der Waals surface area contributed by atoms with Crippen molar-refractivity contribution in [2.75, 3.05) is 12.8 Å². The van der Waals surface area contributed by atoms with E-state index in [1.165, 1.54) is 0 Å². The van der Waals surface area contributed by atoms with Crippen LogP contribution in [-0.4, -0.2) is 17.3 Å². The number of nitrogens with two attached hydrogens (primary N) is 1. The summed E-state index contributed by atoms with van der Waals surface area (Å²) in [4.78, 5) is 4.41. The second-order valence-electron chi connectivity index (χ2n) is 4.86. The first kappa shape index (κ1) is 15.3. The van der Waals surface area contributed by atoms with Crippen LogP contribution in [0.2, 0.25) is 0 Å². The van der Waals surface area contributed by atoms with E-state index in [4.69, 9.17) is 15.0 Å². The number of rotatable bonds is 6. The molecule has 1 heterocycles. The maximum Gasteiger partial charge on any atom is 0.250 e. The van der Waals surface area contributed by atoms with Crippen LogP contribution in [0.5, 0.6) is 0 Å². The monoisotopic (exact) mass is 287 g/mol. The summed E-state index contributed by atoms with van der Waals surface area (Å²) in [7, 11) is 1.67. The first-order valence-corrected chi connectivity index (χ1v) is 7.06. The van der Waals surface area contributed by atoms with Crippen LogP contribution in [0.15, 0.2) is 28.8 Å². The molecule has 2 rings (SSSR count). The highest BCUT2D eigenvalue weighted by Gasteiger charge is 2.33. The lowest BCUT2D eigenvalue weighted by Gasteiger charge is -2.25. The van der Waals surface area contributed by atoms with Crippen molar-refractivity contribution >= 4 is 17.8 Å². The van der Waals surface area contributed by atoms with Crippen molar-refractivity contribution in [3.8, 4) is 0 Å². The molecule has 0 atom stereocenters. The third kappa shape index (κ3) is 3.31. The molecule has 5 nitrogen and oxygen atoms in total. The first-order valence-electron chi connectivity index (χ1n) is 7.06. The number of benzene rings is 1. The third-order valence-corrected chi connectivity index (χ3v) is 3.74. The summed E-state index contributed by atoms with van der Waals surface area (Å²) in [6.45, 7) is 4.10. The van der Waals surface area contributed by atoms with Gasteiger partial charge in [-0.25, -0.2) is 0 Å². The number of hydrogen-bond acceptors (Lipinski definition) is 5. The van der Waals surface area contributed by atoms with Crippen LogP contribution < -0.4 is 5.73 Å². The molecule has 0 aliphatic heterocycles. The standard InChI is InChI=1S/C16H21N3O2/c1-4-16(5-2,20-3)15-18-14(21-19-15)11-8-12-6-9-13(17)10-7-12/h6-11H,4-5,17H2,1-3H3/b11-8+. The Morgan fingerprint density at radius 3 is 2.43 bits per heavy atom. The van der Waals surface area contributed by atoms with Crippen LogP contribution in [0, 0.1) is 0 Å². The van der Waals surface area contributed by atoms with E-state index in [1.807, 2.05) is 44.2 Å². The largest absolute Gasteiger partial charge is 0.399 e. The smallest absolute Gasteiger partial charge is 0.250 e. The average molecular weight is 287 g/mol.